The first kappa shape index (κ1) is 19.6. The van der Waals surface area contributed by atoms with E-state index in [2.05, 4.69) is 0 Å². The van der Waals surface area contributed by atoms with Gasteiger partial charge in [-0.05, 0) is 35.2 Å². The molecule has 1 atom stereocenters. The minimum Gasteiger partial charge on any atom is -0.467 e. The van der Waals surface area contributed by atoms with Crippen molar-refractivity contribution in [1.82, 2.24) is 4.90 Å². The number of esters is 2. The Morgan fingerprint density at radius 2 is 1.71 bits per heavy atom. The number of methoxy groups -OCH3 is 1. The highest BCUT2D eigenvalue weighted by molar-refractivity contribution is 5.92. The largest absolute Gasteiger partial charge is 0.467 e. The molecule has 2 aromatic rings. The van der Waals surface area contributed by atoms with E-state index in [0.717, 1.165) is 23.1 Å². The fourth-order valence-electron chi connectivity index (χ4n) is 3.30. The van der Waals surface area contributed by atoms with Crippen LogP contribution < -0.4 is 0 Å². The van der Waals surface area contributed by atoms with Gasteiger partial charge in [0.15, 0.2) is 6.61 Å². The second-order valence-corrected chi connectivity index (χ2v) is 6.66. The fraction of sp³-hybridized carbons (Fsp3) is 0.318. The van der Waals surface area contributed by atoms with E-state index in [9.17, 15) is 14.4 Å². The van der Waals surface area contributed by atoms with E-state index in [0.29, 0.717) is 12.0 Å². The van der Waals surface area contributed by atoms with Crippen LogP contribution in [0.5, 0.6) is 0 Å². The predicted molar refractivity (Wildman–Crippen MR) is 103 cm³/mol. The number of nitrogens with zero attached hydrogens (tertiary/aromatic N) is 1. The van der Waals surface area contributed by atoms with E-state index < -0.39 is 30.5 Å². The van der Waals surface area contributed by atoms with Crippen LogP contribution in [0, 0.1) is 0 Å². The van der Waals surface area contributed by atoms with Gasteiger partial charge in [0.1, 0.15) is 6.04 Å². The van der Waals surface area contributed by atoms with E-state index >= 15 is 0 Å². The standard InChI is InChI=1S/C22H23NO5/c1-3-15-8-10-16(11-9-15)21(25)28-14-20(24)23-13-18-7-5-4-6-17(18)12-19(23)22(26)27-2/h4-11,19H,3,12-14H2,1-2H3/t19-/m0/s1. The van der Waals surface area contributed by atoms with Crippen molar-refractivity contribution in [3.63, 3.8) is 0 Å². The van der Waals surface area contributed by atoms with Gasteiger partial charge in [0, 0.05) is 13.0 Å². The van der Waals surface area contributed by atoms with Gasteiger partial charge in [-0.3, -0.25) is 4.79 Å². The number of carbonyl (C=O) groups excluding carboxylic acids is 3. The zero-order valence-corrected chi connectivity index (χ0v) is 16.0. The summed E-state index contributed by atoms with van der Waals surface area (Å²) in [5, 5.41) is 0. The highest BCUT2D eigenvalue weighted by Crippen LogP contribution is 2.24. The molecule has 1 heterocycles. The van der Waals surface area contributed by atoms with E-state index in [4.69, 9.17) is 9.47 Å². The number of hydrogen-bond donors (Lipinski definition) is 0. The van der Waals surface area contributed by atoms with E-state index in [1.54, 1.807) is 12.1 Å². The monoisotopic (exact) mass is 381 g/mol. The molecule has 2 aromatic carbocycles. The Morgan fingerprint density at radius 3 is 2.36 bits per heavy atom. The molecule has 1 aliphatic rings. The molecule has 3 rings (SSSR count). The number of ether oxygens (including phenoxy) is 2. The van der Waals surface area contributed by atoms with Crippen LogP contribution in [0.1, 0.15) is 34.0 Å². The van der Waals surface area contributed by atoms with Gasteiger partial charge in [-0.2, -0.15) is 0 Å². The minimum absolute atomic E-state index is 0.275. The second kappa shape index (κ2) is 8.69. The summed E-state index contributed by atoms with van der Waals surface area (Å²) in [7, 11) is 1.30. The van der Waals surface area contributed by atoms with Gasteiger partial charge in [0.05, 0.1) is 12.7 Å². The summed E-state index contributed by atoms with van der Waals surface area (Å²) in [6.45, 7) is 1.88. The van der Waals surface area contributed by atoms with Gasteiger partial charge in [0.25, 0.3) is 5.91 Å². The summed E-state index contributed by atoms with van der Waals surface area (Å²) in [5.74, 6) is -1.48. The average molecular weight is 381 g/mol. The molecular weight excluding hydrogens is 358 g/mol. The van der Waals surface area contributed by atoms with Crippen molar-refractivity contribution >= 4 is 17.8 Å². The highest BCUT2D eigenvalue weighted by Gasteiger charge is 2.35. The summed E-state index contributed by atoms with van der Waals surface area (Å²) in [4.78, 5) is 38.5. The molecule has 0 spiro atoms. The Morgan fingerprint density at radius 1 is 1.04 bits per heavy atom. The van der Waals surface area contributed by atoms with Crippen molar-refractivity contribution in [1.29, 1.82) is 0 Å². The molecule has 0 radical (unpaired) electrons. The lowest BCUT2D eigenvalue weighted by Crippen LogP contribution is -2.50. The van der Waals surface area contributed by atoms with Crippen molar-refractivity contribution in [2.45, 2.75) is 32.4 Å². The van der Waals surface area contributed by atoms with E-state index in [1.165, 1.54) is 12.0 Å². The van der Waals surface area contributed by atoms with E-state index in [-0.39, 0.29) is 6.54 Å². The van der Waals surface area contributed by atoms with Gasteiger partial charge >= 0.3 is 11.9 Å². The molecule has 6 nitrogen and oxygen atoms in total. The molecule has 6 heteroatoms. The number of aryl methyl sites for hydroxylation is 1. The molecule has 0 saturated heterocycles. The van der Waals surface area contributed by atoms with Crippen LogP contribution in [-0.2, 0) is 38.4 Å². The maximum atomic E-state index is 12.7. The van der Waals surface area contributed by atoms with Crippen molar-refractivity contribution < 1.29 is 23.9 Å². The number of carbonyl (C=O) groups is 3. The first-order valence-electron chi connectivity index (χ1n) is 9.23. The molecule has 1 aliphatic heterocycles. The van der Waals surface area contributed by atoms with Gasteiger partial charge in [-0.1, -0.05) is 43.3 Å². The summed E-state index contributed by atoms with van der Waals surface area (Å²) in [6, 6.07) is 14.0. The molecule has 0 bridgehead atoms. The van der Waals surface area contributed by atoms with Gasteiger partial charge in [0.2, 0.25) is 0 Å². The molecule has 0 N–H and O–H groups in total. The Balaban J connectivity index is 1.69. The first-order chi connectivity index (χ1) is 13.5. The lowest BCUT2D eigenvalue weighted by molar-refractivity contribution is -0.155. The quantitative estimate of drug-likeness (QED) is 0.744. The zero-order chi connectivity index (χ0) is 20.1. The molecule has 0 saturated carbocycles. The molecule has 0 unspecified atom stereocenters. The Labute approximate surface area is 164 Å². The molecule has 0 aliphatic carbocycles. The third kappa shape index (κ3) is 4.22. The van der Waals surface area contributed by atoms with E-state index in [1.807, 2.05) is 43.3 Å². The van der Waals surface area contributed by atoms with Crippen LogP contribution in [0.4, 0.5) is 0 Å². The van der Waals surface area contributed by atoms with Crippen molar-refractivity contribution in [3.8, 4) is 0 Å². The normalized spacial score (nSPS) is 15.5. The second-order valence-electron chi connectivity index (χ2n) is 6.66. The molecule has 1 amide bonds. The predicted octanol–water partition coefficient (Wildman–Crippen LogP) is 2.53. The highest BCUT2D eigenvalue weighted by atomic mass is 16.5. The van der Waals surface area contributed by atoms with Gasteiger partial charge in [-0.15, -0.1) is 0 Å². The Bertz CT molecular complexity index is 875. The number of hydrogen-bond acceptors (Lipinski definition) is 5. The number of rotatable bonds is 5. The van der Waals surface area contributed by atoms with Crippen LogP contribution in [-0.4, -0.2) is 42.5 Å². The summed E-state index contributed by atoms with van der Waals surface area (Å²) < 4.78 is 10.0. The summed E-state index contributed by atoms with van der Waals surface area (Å²) in [6.07, 6.45) is 1.25. The van der Waals surface area contributed by atoms with Crippen LogP contribution >= 0.6 is 0 Å². The summed E-state index contributed by atoms with van der Waals surface area (Å²) >= 11 is 0. The van der Waals surface area contributed by atoms with Crippen molar-refractivity contribution in [2.24, 2.45) is 0 Å². The third-order valence-electron chi connectivity index (χ3n) is 4.97. The van der Waals surface area contributed by atoms with Crippen molar-refractivity contribution in [3.05, 3.63) is 70.8 Å². The molecule has 0 aromatic heterocycles. The fourth-order valence-corrected chi connectivity index (χ4v) is 3.30. The molecule has 146 valence electrons. The molecule has 0 fully saturated rings. The Hall–Kier alpha value is -3.15. The van der Waals surface area contributed by atoms with Crippen LogP contribution in [0.2, 0.25) is 0 Å². The molecular formula is C22H23NO5. The number of benzene rings is 2. The van der Waals surface area contributed by atoms with Gasteiger partial charge in [-0.25, -0.2) is 9.59 Å². The van der Waals surface area contributed by atoms with Crippen LogP contribution in [0.15, 0.2) is 48.5 Å². The maximum Gasteiger partial charge on any atom is 0.338 e. The lowest BCUT2D eigenvalue weighted by atomic mass is 9.94. The van der Waals surface area contributed by atoms with Gasteiger partial charge < -0.3 is 14.4 Å². The summed E-state index contributed by atoms with van der Waals surface area (Å²) in [5.41, 5.74) is 3.48. The van der Waals surface area contributed by atoms with Crippen LogP contribution in [0.3, 0.4) is 0 Å². The SMILES string of the molecule is CCc1ccc(C(=O)OCC(=O)N2Cc3ccccc3C[C@H]2C(=O)OC)cc1. The number of amides is 1. The third-order valence-corrected chi connectivity index (χ3v) is 4.97. The molecule has 28 heavy (non-hydrogen) atoms. The zero-order valence-electron chi connectivity index (χ0n) is 16.0. The minimum atomic E-state index is -0.727. The average Bonchev–Trinajstić information content (AvgIpc) is 2.75. The van der Waals surface area contributed by atoms with Crippen molar-refractivity contribution in [2.75, 3.05) is 13.7 Å². The maximum absolute atomic E-state index is 12.7. The topological polar surface area (TPSA) is 72.9 Å². The number of fused-ring (bicyclic) bond motifs is 1. The van der Waals surface area contributed by atoms with Crippen LogP contribution in [0.25, 0.3) is 0 Å². The Kier molecular flexibility index (Phi) is 6.09. The smallest absolute Gasteiger partial charge is 0.338 e. The first-order valence-corrected chi connectivity index (χ1v) is 9.23. The lowest BCUT2D eigenvalue weighted by Gasteiger charge is -2.35.